The summed E-state index contributed by atoms with van der Waals surface area (Å²) < 4.78 is 22.0. The molecule has 6 rings (SSSR count). The van der Waals surface area contributed by atoms with Gasteiger partial charge < -0.3 is 40.0 Å². The second kappa shape index (κ2) is 20.0. The number of imide groups is 2. The highest BCUT2D eigenvalue weighted by Crippen LogP contribution is 2.33. The van der Waals surface area contributed by atoms with Gasteiger partial charge >= 0.3 is 0 Å². The van der Waals surface area contributed by atoms with Gasteiger partial charge in [-0.2, -0.15) is 0 Å². The van der Waals surface area contributed by atoms with E-state index in [0.717, 1.165) is 10.6 Å². The number of aromatic nitrogens is 2. The van der Waals surface area contributed by atoms with Crippen LogP contribution in [-0.4, -0.2) is 134 Å². The molecule has 0 saturated carbocycles. The number of piperidine rings is 2. The van der Waals surface area contributed by atoms with Gasteiger partial charge in [-0.15, -0.1) is 10.2 Å². The Hall–Kier alpha value is -5.82. The molecule has 5 N–H and O–H groups in total. The summed E-state index contributed by atoms with van der Waals surface area (Å²) in [7, 11) is 0. The number of nitrogens with two attached hydrogens (primary N) is 1. The van der Waals surface area contributed by atoms with E-state index in [9.17, 15) is 33.9 Å². The van der Waals surface area contributed by atoms with Crippen LogP contribution in [0.2, 0.25) is 0 Å². The fourth-order valence-electron chi connectivity index (χ4n) is 7.08. The first kappa shape index (κ1) is 41.8. The lowest BCUT2D eigenvalue weighted by molar-refractivity contribution is -0.136. The molecular formula is C40H47N7O11. The van der Waals surface area contributed by atoms with Gasteiger partial charge in [0.25, 0.3) is 11.8 Å². The number of carbonyl (C=O) groups is 6. The second-order valence-electron chi connectivity index (χ2n) is 14.0. The highest BCUT2D eigenvalue weighted by atomic mass is 16.6. The molecule has 3 aliphatic rings. The normalized spacial score (nSPS) is 17.1. The van der Waals surface area contributed by atoms with Crippen LogP contribution in [0.5, 0.6) is 5.75 Å². The lowest BCUT2D eigenvalue weighted by atomic mass is 9.95. The number of carbonyl (C=O) groups excluding carboxylic acids is 6. The zero-order chi connectivity index (χ0) is 41.0. The van der Waals surface area contributed by atoms with Gasteiger partial charge in [0.05, 0.1) is 68.8 Å². The monoisotopic (exact) mass is 801 g/mol. The Morgan fingerprint density at radius 3 is 2.21 bits per heavy atom. The van der Waals surface area contributed by atoms with Crippen molar-refractivity contribution in [1.29, 1.82) is 0 Å². The number of amides is 5. The van der Waals surface area contributed by atoms with Gasteiger partial charge in [-0.05, 0) is 49.1 Å². The Morgan fingerprint density at radius 1 is 0.828 bits per heavy atom. The molecule has 18 nitrogen and oxygen atoms in total. The number of nitrogen functional groups attached to an aromatic ring is 1. The average molecular weight is 802 g/mol. The minimum Gasteiger partial charge on any atom is -0.507 e. The summed E-state index contributed by atoms with van der Waals surface area (Å²) in [6, 6.07) is 12.3. The van der Waals surface area contributed by atoms with Crippen molar-refractivity contribution in [2.75, 3.05) is 83.1 Å². The number of phenols is 1. The maximum Gasteiger partial charge on any atom is 0.262 e. The molecule has 2 fully saturated rings. The Labute approximate surface area is 334 Å². The second-order valence-corrected chi connectivity index (χ2v) is 14.0. The van der Waals surface area contributed by atoms with Crippen molar-refractivity contribution in [3.8, 4) is 17.0 Å². The summed E-state index contributed by atoms with van der Waals surface area (Å²) in [6.45, 7) is 3.49. The number of ether oxygens (including phenoxy) is 4. The smallest absolute Gasteiger partial charge is 0.262 e. The van der Waals surface area contributed by atoms with Gasteiger partial charge in [-0.3, -0.25) is 39.0 Å². The first-order chi connectivity index (χ1) is 28.1. The minimum absolute atomic E-state index is 0.0158. The van der Waals surface area contributed by atoms with Gasteiger partial charge in [-0.1, -0.05) is 24.3 Å². The number of Topliss-reactive ketones (excluding diaryl/α,β-unsaturated/α-hetero) is 1. The Morgan fingerprint density at radius 2 is 1.50 bits per heavy atom. The Kier molecular flexibility index (Phi) is 14.4. The maximum absolute atomic E-state index is 13.2. The third-order valence-electron chi connectivity index (χ3n) is 10.1. The van der Waals surface area contributed by atoms with E-state index >= 15 is 0 Å². The minimum atomic E-state index is -1.09. The maximum atomic E-state index is 13.2. The van der Waals surface area contributed by atoms with Crippen LogP contribution in [-0.2, 0) is 44.5 Å². The van der Waals surface area contributed by atoms with Gasteiger partial charge in [0.2, 0.25) is 17.7 Å². The number of hydrogen-bond acceptors (Lipinski definition) is 15. The van der Waals surface area contributed by atoms with Crippen LogP contribution < -0.4 is 21.3 Å². The highest BCUT2D eigenvalue weighted by Gasteiger charge is 2.45. The summed E-state index contributed by atoms with van der Waals surface area (Å²) in [5, 5.41) is 23.5. The lowest BCUT2D eigenvalue weighted by Gasteiger charge is -2.33. The molecule has 1 atom stereocenters. The number of aromatic hydroxyl groups is 1. The molecule has 2 aromatic carbocycles. The number of rotatable bonds is 20. The Bertz CT molecular complexity index is 2000. The van der Waals surface area contributed by atoms with E-state index in [1.807, 2.05) is 12.1 Å². The van der Waals surface area contributed by atoms with E-state index in [1.54, 1.807) is 30.3 Å². The largest absolute Gasteiger partial charge is 0.507 e. The highest BCUT2D eigenvalue weighted by molar-refractivity contribution is 6.24. The van der Waals surface area contributed by atoms with Crippen molar-refractivity contribution < 1.29 is 52.8 Å². The zero-order valence-electron chi connectivity index (χ0n) is 32.0. The molecule has 58 heavy (non-hydrogen) atoms. The molecule has 0 bridgehead atoms. The fraction of sp³-hybridized carbons (Fsp3) is 0.450. The van der Waals surface area contributed by atoms with Crippen LogP contribution in [0.15, 0.2) is 48.5 Å². The van der Waals surface area contributed by atoms with E-state index in [2.05, 4.69) is 25.7 Å². The lowest BCUT2D eigenvalue weighted by Crippen LogP contribution is -2.54. The van der Waals surface area contributed by atoms with E-state index in [0.29, 0.717) is 88.1 Å². The summed E-state index contributed by atoms with van der Waals surface area (Å²) in [5.41, 5.74) is 8.51. The van der Waals surface area contributed by atoms with Gasteiger partial charge in [-0.25, -0.2) is 0 Å². The number of nitrogens with one attached hydrogen (secondary N) is 2. The van der Waals surface area contributed by atoms with Crippen LogP contribution >= 0.6 is 0 Å². The number of phenolic OH excluding ortho intramolecular Hbond substituents is 1. The number of nitrogens with zero attached hydrogens (tertiary/aromatic N) is 4. The number of anilines is 2. The van der Waals surface area contributed by atoms with Crippen LogP contribution in [0.25, 0.3) is 11.3 Å². The molecule has 1 aromatic heterocycles. The van der Waals surface area contributed by atoms with Crippen LogP contribution in [0.3, 0.4) is 0 Å². The number of fused-ring (bicyclic) bond motifs is 1. The summed E-state index contributed by atoms with van der Waals surface area (Å²) in [5.74, 6) is -2.50. The topological polar surface area (TPSA) is 242 Å². The van der Waals surface area contributed by atoms with E-state index < -0.39 is 29.7 Å². The van der Waals surface area contributed by atoms with Crippen molar-refractivity contribution in [3.05, 3.63) is 65.2 Å². The molecule has 4 heterocycles. The third-order valence-corrected chi connectivity index (χ3v) is 10.1. The van der Waals surface area contributed by atoms with Crippen molar-refractivity contribution in [3.63, 3.8) is 0 Å². The van der Waals surface area contributed by atoms with Crippen LogP contribution in [0, 0.1) is 5.92 Å². The Balaban J connectivity index is 0.768. The molecule has 2 saturated heterocycles. The number of ketones is 1. The first-order valence-corrected chi connectivity index (χ1v) is 19.2. The summed E-state index contributed by atoms with van der Waals surface area (Å²) in [4.78, 5) is 78.5. The number of benzene rings is 2. The molecule has 1 unspecified atom stereocenters. The quantitative estimate of drug-likeness (QED) is 0.0922. The molecule has 0 radical (unpaired) electrons. The van der Waals surface area contributed by atoms with Crippen molar-refractivity contribution in [1.82, 2.24) is 25.7 Å². The average Bonchev–Trinajstić information content (AvgIpc) is 3.47. The van der Waals surface area contributed by atoms with Crippen molar-refractivity contribution in [2.45, 2.75) is 38.1 Å². The zero-order valence-corrected chi connectivity index (χ0v) is 32.0. The fourth-order valence-corrected chi connectivity index (χ4v) is 7.08. The number of para-hydroxylation sites is 1. The molecule has 18 heteroatoms. The molecule has 3 aromatic rings. The predicted octanol–water partition coefficient (Wildman–Crippen LogP) is 1.04. The molecule has 0 aliphatic carbocycles. The summed E-state index contributed by atoms with van der Waals surface area (Å²) >= 11 is 0. The van der Waals surface area contributed by atoms with Crippen molar-refractivity contribution >= 4 is 46.8 Å². The van der Waals surface area contributed by atoms with E-state index in [-0.39, 0.29) is 73.6 Å². The molecule has 308 valence electrons. The van der Waals surface area contributed by atoms with Gasteiger partial charge in [0, 0.05) is 44.0 Å². The van der Waals surface area contributed by atoms with E-state index in [4.69, 9.17) is 24.7 Å². The molecule has 3 aliphatic heterocycles. The number of hydrogen-bond donors (Lipinski definition) is 4. The molecule has 5 amide bonds. The van der Waals surface area contributed by atoms with Crippen LogP contribution in [0.4, 0.5) is 11.5 Å². The SMILES string of the molecule is Nc1nnc(-c2ccccc2O)cc1N1CCC(C(=O)NCCOCCOCCOCCOCC(=O)Cc2cccc3c2C(=O)N(C2CCC(=O)NC2=O)C3=O)CC1. The molecular weight excluding hydrogens is 754 g/mol. The predicted molar refractivity (Wildman–Crippen MR) is 207 cm³/mol. The van der Waals surface area contributed by atoms with Crippen LogP contribution in [0.1, 0.15) is 52.0 Å². The van der Waals surface area contributed by atoms with Gasteiger partial charge in [0.15, 0.2) is 11.6 Å². The molecule has 0 spiro atoms. The summed E-state index contributed by atoms with van der Waals surface area (Å²) in [6.07, 6.45) is 1.23. The van der Waals surface area contributed by atoms with Gasteiger partial charge in [0.1, 0.15) is 18.4 Å². The van der Waals surface area contributed by atoms with E-state index in [1.165, 1.54) is 6.07 Å². The third kappa shape index (κ3) is 10.4. The first-order valence-electron chi connectivity index (χ1n) is 19.2. The van der Waals surface area contributed by atoms with Crippen molar-refractivity contribution in [2.24, 2.45) is 5.92 Å². The standard InChI is InChI=1S/C40H47N7O11/c41-36-32(23-30(44-45-36)28-5-1-2-7-33(28)49)46-13-10-25(11-14-46)37(51)42-12-15-55-16-17-56-18-19-57-20-21-58-24-27(48)22-26-4-3-6-29-35(26)40(54)47(39(29)53)31-8-9-34(50)43-38(31)52/h1-7,23,25,31,49H,8-22,24H2,(H2,41,45)(H,42,51)(H,43,50,52).